The van der Waals surface area contributed by atoms with Gasteiger partial charge in [-0.1, -0.05) is 0 Å². The Balaban J connectivity index is -0.0000000369. The van der Waals surface area contributed by atoms with Gasteiger partial charge in [0, 0.05) is 18.6 Å². The van der Waals surface area contributed by atoms with Crippen molar-refractivity contribution in [1.29, 1.82) is 0 Å². The van der Waals surface area contributed by atoms with Gasteiger partial charge in [0.1, 0.15) is 0 Å². The van der Waals surface area contributed by atoms with Gasteiger partial charge in [-0.05, 0) is 11.0 Å². The van der Waals surface area contributed by atoms with Gasteiger partial charge in [-0.25, -0.2) is 0 Å². The van der Waals surface area contributed by atoms with E-state index in [1.54, 1.807) is 0 Å². The molecule has 0 atom stereocenters. The standard InChI is InChI=1S/4ClHO3.H4Si/c4*2-1(3)4;/h4*2H;1H4. The third-order valence-electron chi connectivity index (χ3n) is 0. The summed E-state index contributed by atoms with van der Waals surface area (Å²) in [5.41, 5.74) is 0. The highest BCUT2D eigenvalue weighted by molar-refractivity contribution is 5.75. The van der Waals surface area contributed by atoms with Crippen LogP contribution in [-0.2, 0) is 0 Å². The zero-order valence-electron chi connectivity index (χ0n) is 6.57. The van der Waals surface area contributed by atoms with Crippen LogP contribution in [0.25, 0.3) is 0 Å². The zero-order valence-corrected chi connectivity index (χ0v) is 9.59. The molecule has 0 saturated heterocycles. The lowest BCUT2D eigenvalue weighted by atomic mass is 15.8. The predicted molar refractivity (Wildman–Crippen MR) is 20.2 cm³/mol. The summed E-state index contributed by atoms with van der Waals surface area (Å²) in [4.78, 5) is 0. The average molecular weight is 370 g/mol. The Bertz CT molecular complexity index is 61.5. The first kappa shape index (κ1) is 30.7. The van der Waals surface area contributed by atoms with Gasteiger partial charge in [0.05, 0.1) is 0 Å². The van der Waals surface area contributed by atoms with Gasteiger partial charge < -0.3 is 37.3 Å². The molecular weight excluding hydrogens is 362 g/mol. The van der Waals surface area contributed by atoms with Gasteiger partial charge in [0.25, 0.3) is 43.1 Å². The molecule has 0 aliphatic rings. The molecule has 112 valence electrons. The van der Waals surface area contributed by atoms with Crippen molar-refractivity contribution in [2.24, 2.45) is 0 Å². The summed E-state index contributed by atoms with van der Waals surface area (Å²) in [6.07, 6.45) is 0. The van der Waals surface area contributed by atoms with Crippen molar-refractivity contribution in [1.82, 2.24) is 0 Å². The molecule has 0 aromatic carbocycles. The van der Waals surface area contributed by atoms with Crippen molar-refractivity contribution < 1.29 is 99.0 Å². The van der Waals surface area contributed by atoms with E-state index in [-0.39, 0.29) is 11.0 Å². The largest absolute Gasteiger partial charge is 0.321 e. The minimum atomic E-state index is -2.60. The van der Waals surface area contributed by atoms with Crippen LogP contribution in [0.3, 0.4) is 0 Å². The van der Waals surface area contributed by atoms with Crippen LogP contribution < -0.4 is 37.3 Å². The summed E-state index contributed by atoms with van der Waals surface area (Å²) < 4.78 is 95.9. The number of rotatable bonds is 0. The Kier molecular flexibility index (Phi) is 46.4. The van der Waals surface area contributed by atoms with E-state index in [1.807, 2.05) is 0 Å². The molecule has 0 amide bonds. The third kappa shape index (κ3) is 4660. The van der Waals surface area contributed by atoms with E-state index in [9.17, 15) is 0 Å². The second-order valence-electron chi connectivity index (χ2n) is 0.804. The van der Waals surface area contributed by atoms with Crippen molar-refractivity contribution >= 4 is 11.0 Å². The molecule has 17 heteroatoms. The maximum atomic E-state index is 8.52. The lowest BCUT2D eigenvalue weighted by molar-refractivity contribution is -1.63. The van der Waals surface area contributed by atoms with E-state index < -0.39 is 43.1 Å². The fourth-order valence-electron chi connectivity index (χ4n) is 0. The van der Waals surface area contributed by atoms with E-state index in [0.29, 0.717) is 0 Å². The van der Waals surface area contributed by atoms with Gasteiger partial charge in [0.2, 0.25) is 0 Å². The molecule has 12 nitrogen and oxygen atoms in total. The maximum absolute atomic E-state index is 8.52. The molecule has 0 unspecified atom stereocenters. The summed E-state index contributed by atoms with van der Waals surface area (Å²) in [7, 11) is -10.4. The monoisotopic (exact) mass is 368 g/mol. The fraction of sp³-hybridized carbons (Fsp3) is 0. The maximum Gasteiger partial charge on any atom is 0.282 e. The van der Waals surface area contributed by atoms with E-state index in [4.69, 9.17) is 55.9 Å². The molecule has 0 aliphatic heterocycles. The van der Waals surface area contributed by atoms with Crippen molar-refractivity contribution in [2.45, 2.75) is 0 Å². The number of halogens is 4. The SMILES string of the molecule is [O-][Cl+2]([O-])O.[O-][Cl+2]([O-])O.[O-][Cl+2]([O-])O.[O-][Cl+2]([O-])O.[SiH4]. The summed E-state index contributed by atoms with van der Waals surface area (Å²) in [5, 5.41) is 0. The minimum Gasteiger partial charge on any atom is -0.321 e. The van der Waals surface area contributed by atoms with Crippen LogP contribution in [0, 0.1) is 43.1 Å². The summed E-state index contributed by atoms with van der Waals surface area (Å²) >= 11 is 0. The average Bonchev–Trinajstić information content (AvgIpc) is 1.76. The van der Waals surface area contributed by atoms with Crippen LogP contribution in [-0.4, -0.2) is 29.6 Å². The lowest BCUT2D eigenvalue weighted by Crippen LogP contribution is -2.30. The second-order valence-corrected chi connectivity index (χ2v) is 2.41. The molecule has 0 aliphatic carbocycles. The number of hydrogen-bond donors (Lipinski definition) is 4. The van der Waals surface area contributed by atoms with Crippen LogP contribution in [0.4, 0.5) is 0 Å². The first-order valence-electron chi connectivity index (χ1n) is 1.91. The van der Waals surface area contributed by atoms with E-state index >= 15 is 0 Å². The molecule has 0 aromatic rings. The van der Waals surface area contributed by atoms with Crippen LogP contribution >= 0.6 is 0 Å². The molecule has 0 bridgehead atoms. The van der Waals surface area contributed by atoms with Crippen molar-refractivity contribution in [3.63, 3.8) is 0 Å². The molecule has 0 saturated carbocycles. The lowest BCUT2D eigenvalue weighted by Gasteiger charge is -1.72. The summed E-state index contributed by atoms with van der Waals surface area (Å²) in [5.74, 6) is 0. The number of hydrogen-bond acceptors (Lipinski definition) is 12. The minimum absolute atomic E-state index is 0. The topological polar surface area (TPSA) is 265 Å². The van der Waals surface area contributed by atoms with Crippen LogP contribution in [0.1, 0.15) is 0 Å². The Morgan fingerprint density at radius 2 is 0.412 bits per heavy atom. The fourth-order valence-corrected chi connectivity index (χ4v) is 0. The van der Waals surface area contributed by atoms with Gasteiger partial charge in [-0.15, -0.1) is 0 Å². The molecule has 0 heterocycles. The molecule has 17 heavy (non-hydrogen) atoms. The molecule has 0 radical (unpaired) electrons. The second kappa shape index (κ2) is 25.7. The van der Waals surface area contributed by atoms with Gasteiger partial charge in [-0.3, -0.25) is 0 Å². The molecule has 0 aromatic heterocycles. The Morgan fingerprint density at radius 1 is 0.412 bits per heavy atom. The van der Waals surface area contributed by atoms with Gasteiger partial charge in [0.15, 0.2) is 0 Å². The van der Waals surface area contributed by atoms with Crippen molar-refractivity contribution in [3.8, 4) is 0 Å². The molecule has 4 N–H and O–H groups in total. The first-order chi connectivity index (χ1) is 6.93. The van der Waals surface area contributed by atoms with Crippen LogP contribution in [0.5, 0.6) is 0 Å². The van der Waals surface area contributed by atoms with E-state index in [2.05, 4.69) is 0 Å². The van der Waals surface area contributed by atoms with Crippen molar-refractivity contribution in [2.75, 3.05) is 0 Å². The van der Waals surface area contributed by atoms with Crippen LogP contribution in [0.2, 0.25) is 0 Å². The normalized spacial score (nSPS) is 8.47. The predicted octanol–water partition coefficient (Wildman–Crippen LogP) is -13.2. The van der Waals surface area contributed by atoms with E-state index in [1.165, 1.54) is 0 Å². The highest BCUT2D eigenvalue weighted by atomic mass is 35.6. The van der Waals surface area contributed by atoms with Crippen LogP contribution in [0.15, 0.2) is 0 Å². The van der Waals surface area contributed by atoms with Gasteiger partial charge in [-0.2, -0.15) is 0 Å². The Morgan fingerprint density at radius 3 is 0.412 bits per heavy atom. The third-order valence-corrected chi connectivity index (χ3v) is 0. The highest BCUT2D eigenvalue weighted by Crippen LogP contribution is 1.39. The quantitative estimate of drug-likeness (QED) is 0.289. The van der Waals surface area contributed by atoms with E-state index in [0.717, 1.165) is 0 Å². The zero-order chi connectivity index (χ0) is 14.3. The smallest absolute Gasteiger partial charge is 0.282 e. The molecule has 0 rings (SSSR count). The van der Waals surface area contributed by atoms with Gasteiger partial charge >= 0.3 is 0 Å². The Hall–Kier alpha value is 0.897. The molecule has 0 spiro atoms. The molecular formula is H8Cl4O12Si. The van der Waals surface area contributed by atoms with Crippen molar-refractivity contribution in [3.05, 3.63) is 0 Å². The highest BCUT2D eigenvalue weighted by Gasteiger charge is 1.80. The molecule has 0 fully saturated rings. The summed E-state index contributed by atoms with van der Waals surface area (Å²) in [6.45, 7) is 0. The summed E-state index contributed by atoms with van der Waals surface area (Å²) in [6, 6.07) is 0. The Labute approximate surface area is 110 Å². The first-order valence-corrected chi connectivity index (χ1v) is 5.73.